The Morgan fingerprint density at radius 3 is 2.05 bits per heavy atom. The second kappa shape index (κ2) is 12.4. The lowest BCUT2D eigenvalue weighted by molar-refractivity contribution is -0.401. The minimum atomic E-state index is -4.58. The smallest absolute Gasteiger partial charge is 0.209 e. The van der Waals surface area contributed by atoms with Gasteiger partial charge in [0.05, 0.1) is 15.2 Å². The average Bonchev–Trinajstić information content (AvgIpc) is 3.25. The Balaban J connectivity index is 1.61. The molecule has 2 aromatic carbocycles. The van der Waals surface area contributed by atoms with Crippen molar-refractivity contribution in [3.8, 4) is 0 Å². The van der Waals surface area contributed by atoms with E-state index < -0.39 is 31.1 Å². The van der Waals surface area contributed by atoms with E-state index in [9.17, 15) is 25.9 Å². The summed E-state index contributed by atoms with van der Waals surface area (Å²) in [6.45, 7) is 13.3. The van der Waals surface area contributed by atoms with E-state index in [1.165, 1.54) is 30.7 Å². The first-order valence-electron chi connectivity index (χ1n) is 15.0. The van der Waals surface area contributed by atoms with Crippen LogP contribution in [0, 0.1) is 5.92 Å². The second-order valence-electron chi connectivity index (χ2n) is 13.2. The SMILES string of the molecule is CC(C)CCCCCN1/C(=C/C=C/C=C/C2=[N+](C)c3ccc(S(=O)(=O)[O-])cc3C2(C)C)C(C)(C)c2cc(S(=O)(=O)[O-])ccc21. The van der Waals surface area contributed by atoms with E-state index in [4.69, 9.17) is 0 Å². The summed E-state index contributed by atoms with van der Waals surface area (Å²) in [6, 6.07) is 9.15. The molecule has 0 bridgehead atoms. The van der Waals surface area contributed by atoms with Crippen LogP contribution in [-0.2, 0) is 31.1 Å². The van der Waals surface area contributed by atoms with Crippen molar-refractivity contribution in [1.82, 2.24) is 0 Å². The predicted octanol–water partition coefficient (Wildman–Crippen LogP) is 6.51. The highest BCUT2D eigenvalue weighted by Gasteiger charge is 2.43. The first kappa shape index (κ1) is 33.8. The largest absolute Gasteiger partial charge is 0.744 e. The molecule has 8 nitrogen and oxygen atoms in total. The molecule has 10 heteroatoms. The average molecular weight is 640 g/mol. The molecule has 238 valence electrons. The molecule has 0 spiro atoms. The zero-order valence-electron chi connectivity index (χ0n) is 26.6. The van der Waals surface area contributed by atoms with Gasteiger partial charge in [0.1, 0.15) is 27.3 Å². The molecule has 0 radical (unpaired) electrons. The number of hydrogen-bond donors (Lipinski definition) is 0. The van der Waals surface area contributed by atoms with E-state index in [1.807, 2.05) is 69.7 Å². The van der Waals surface area contributed by atoms with Crippen molar-refractivity contribution in [2.45, 2.75) is 87.8 Å². The Kier molecular flexibility index (Phi) is 9.53. The summed E-state index contributed by atoms with van der Waals surface area (Å²) < 4.78 is 72.3. The monoisotopic (exact) mass is 639 g/mol. The van der Waals surface area contributed by atoms with Crippen LogP contribution in [0.5, 0.6) is 0 Å². The fourth-order valence-electron chi connectivity index (χ4n) is 6.38. The lowest BCUT2D eigenvalue weighted by Gasteiger charge is -2.27. The molecule has 0 fully saturated rings. The number of nitrogens with zero attached hydrogens (tertiary/aromatic N) is 2. The molecule has 2 aromatic rings. The fraction of sp³-hybridized carbons (Fsp3) is 0.441. The van der Waals surface area contributed by atoms with Gasteiger partial charge in [-0.1, -0.05) is 65.2 Å². The van der Waals surface area contributed by atoms with Gasteiger partial charge in [0, 0.05) is 41.1 Å². The third-order valence-electron chi connectivity index (χ3n) is 8.84. The molecule has 0 saturated heterocycles. The van der Waals surface area contributed by atoms with Crippen molar-refractivity contribution in [3.63, 3.8) is 0 Å². The molecule has 0 aliphatic carbocycles. The van der Waals surface area contributed by atoms with E-state index in [0.29, 0.717) is 5.92 Å². The molecular weight excluding hydrogens is 597 g/mol. The maximum atomic E-state index is 11.8. The van der Waals surface area contributed by atoms with Crippen molar-refractivity contribution in [3.05, 3.63) is 83.6 Å². The molecule has 0 unspecified atom stereocenters. The fourth-order valence-corrected chi connectivity index (χ4v) is 7.37. The normalized spacial score (nSPS) is 18.8. The number of fused-ring (bicyclic) bond motifs is 2. The second-order valence-corrected chi connectivity index (χ2v) is 15.9. The minimum Gasteiger partial charge on any atom is -0.744 e. The molecule has 44 heavy (non-hydrogen) atoms. The van der Waals surface area contributed by atoms with E-state index >= 15 is 0 Å². The van der Waals surface area contributed by atoms with Crippen LogP contribution in [0.4, 0.5) is 11.4 Å². The van der Waals surface area contributed by atoms with E-state index in [-0.39, 0.29) is 9.79 Å². The Morgan fingerprint density at radius 2 is 1.43 bits per heavy atom. The Labute approximate surface area is 263 Å². The number of benzene rings is 2. The van der Waals surface area contributed by atoms with Gasteiger partial charge in [-0.3, -0.25) is 0 Å². The van der Waals surface area contributed by atoms with Crippen molar-refractivity contribution >= 4 is 37.3 Å². The highest BCUT2D eigenvalue weighted by Crippen LogP contribution is 2.48. The van der Waals surface area contributed by atoms with Crippen LogP contribution in [0.15, 0.2) is 82.3 Å². The lowest BCUT2D eigenvalue weighted by atomic mass is 9.81. The van der Waals surface area contributed by atoms with Gasteiger partial charge in [-0.05, 0) is 68.2 Å². The van der Waals surface area contributed by atoms with Gasteiger partial charge in [-0.25, -0.2) is 16.8 Å². The summed E-state index contributed by atoms with van der Waals surface area (Å²) in [4.78, 5) is 1.78. The highest BCUT2D eigenvalue weighted by molar-refractivity contribution is 7.86. The quantitative estimate of drug-likeness (QED) is 0.119. The summed E-state index contributed by atoms with van der Waals surface area (Å²) >= 11 is 0. The molecule has 2 heterocycles. The molecule has 0 N–H and O–H groups in total. The maximum absolute atomic E-state index is 11.8. The molecule has 2 aliphatic rings. The summed E-state index contributed by atoms with van der Waals surface area (Å²) in [6.07, 6.45) is 14.2. The van der Waals surface area contributed by atoms with Gasteiger partial charge in [-0.2, -0.15) is 4.58 Å². The highest BCUT2D eigenvalue weighted by atomic mass is 32.2. The van der Waals surface area contributed by atoms with Crippen LogP contribution < -0.4 is 4.90 Å². The van der Waals surface area contributed by atoms with Gasteiger partial charge >= 0.3 is 0 Å². The number of rotatable bonds is 11. The van der Waals surface area contributed by atoms with Crippen LogP contribution in [0.25, 0.3) is 0 Å². The summed E-state index contributed by atoms with van der Waals surface area (Å²) in [5.41, 5.74) is 4.29. The number of unbranched alkanes of at least 4 members (excludes halogenated alkanes) is 2. The van der Waals surface area contributed by atoms with E-state index in [1.54, 1.807) is 12.1 Å². The Bertz CT molecular complexity index is 1780. The van der Waals surface area contributed by atoms with E-state index in [2.05, 4.69) is 18.7 Å². The molecule has 0 saturated carbocycles. The number of hydrogen-bond acceptors (Lipinski definition) is 7. The van der Waals surface area contributed by atoms with Crippen LogP contribution in [0.1, 0.15) is 78.4 Å². The zero-order chi connectivity index (χ0) is 32.7. The van der Waals surface area contributed by atoms with Crippen LogP contribution in [0.3, 0.4) is 0 Å². The van der Waals surface area contributed by atoms with Gasteiger partial charge in [0.2, 0.25) is 5.69 Å². The molecule has 4 rings (SSSR count). The summed E-state index contributed by atoms with van der Waals surface area (Å²) in [5, 5.41) is 0. The van der Waals surface area contributed by atoms with Crippen molar-refractivity contribution in [2.75, 3.05) is 18.5 Å². The first-order valence-corrected chi connectivity index (χ1v) is 17.8. The summed E-state index contributed by atoms with van der Waals surface area (Å²) in [5.74, 6) is 0.663. The van der Waals surface area contributed by atoms with Crippen LogP contribution in [0.2, 0.25) is 0 Å². The van der Waals surface area contributed by atoms with Gasteiger partial charge in [0.15, 0.2) is 5.71 Å². The van der Waals surface area contributed by atoms with Gasteiger partial charge < -0.3 is 14.0 Å². The topological polar surface area (TPSA) is 121 Å². The third kappa shape index (κ3) is 6.78. The van der Waals surface area contributed by atoms with Crippen molar-refractivity contribution in [2.24, 2.45) is 5.92 Å². The molecule has 0 amide bonds. The zero-order valence-corrected chi connectivity index (χ0v) is 28.3. The van der Waals surface area contributed by atoms with Crippen molar-refractivity contribution in [1.29, 1.82) is 0 Å². The third-order valence-corrected chi connectivity index (χ3v) is 10.5. The van der Waals surface area contributed by atoms with Gasteiger partial charge in [0.25, 0.3) is 0 Å². The minimum absolute atomic E-state index is 0.220. The number of anilines is 1. The standard InChI is InChI=1S/C34H44N2O6S2/c1-24(2)14-10-9-13-21-36-30-20-18-26(44(40,41)42)23-28(30)34(5,6)32(36)16-12-8-11-15-31-33(3,4)27-22-25(43(37,38)39)17-19-29(27)35(31)7/h8,11-12,15-20,22-24H,9-10,13-14,21H2,1-7H3,(H-,37,38,39,40,41,42)/p-1. The predicted molar refractivity (Wildman–Crippen MR) is 173 cm³/mol. The number of allylic oxidation sites excluding steroid dienone is 6. The van der Waals surface area contributed by atoms with Crippen LogP contribution >= 0.6 is 0 Å². The van der Waals surface area contributed by atoms with Crippen LogP contribution in [-0.4, -0.2) is 49.8 Å². The Hall–Kier alpha value is -3.05. The molecule has 0 atom stereocenters. The van der Waals surface area contributed by atoms with E-state index in [0.717, 1.165) is 59.7 Å². The molecule has 2 aliphatic heterocycles. The Morgan fingerprint density at radius 1 is 0.818 bits per heavy atom. The van der Waals surface area contributed by atoms with Crippen molar-refractivity contribution < 1.29 is 30.5 Å². The van der Waals surface area contributed by atoms with Gasteiger partial charge in [-0.15, -0.1) is 0 Å². The molecule has 0 aromatic heterocycles. The maximum Gasteiger partial charge on any atom is 0.209 e. The molecular formula is C34H43N2O6S2-. The first-order chi connectivity index (χ1) is 20.4. The summed E-state index contributed by atoms with van der Waals surface area (Å²) in [7, 11) is -7.23. The lowest BCUT2D eigenvalue weighted by Crippen LogP contribution is -2.27.